The van der Waals surface area contributed by atoms with Gasteiger partial charge in [-0.3, -0.25) is 4.79 Å². The summed E-state index contributed by atoms with van der Waals surface area (Å²) >= 11 is 0. The summed E-state index contributed by atoms with van der Waals surface area (Å²) in [5, 5.41) is 6.36. The topological polar surface area (TPSA) is 78.5 Å². The summed E-state index contributed by atoms with van der Waals surface area (Å²) in [6.45, 7) is 3.09. The molecule has 0 aliphatic carbocycles. The van der Waals surface area contributed by atoms with Crippen LogP contribution in [0.5, 0.6) is 0 Å². The average Bonchev–Trinajstić information content (AvgIpc) is 2.98. The van der Waals surface area contributed by atoms with E-state index in [4.69, 9.17) is 0 Å². The first kappa shape index (κ1) is 23.1. The van der Waals surface area contributed by atoms with Crippen LogP contribution in [-0.4, -0.2) is 50.9 Å². The maximum atomic E-state index is 12.8. The maximum absolute atomic E-state index is 12.8. The van der Waals surface area contributed by atoms with Crippen LogP contribution in [0.1, 0.15) is 50.5 Å². The molecule has 1 amide bonds. The summed E-state index contributed by atoms with van der Waals surface area (Å²) in [5.41, 5.74) is 0.988. The molecule has 0 saturated carbocycles. The standard InChI is InChI=1S/C20H31N3O3S.ClH/c24-20(22-18-6-5-13-21-16-18)12-9-17-7-10-19(11-8-17)27(25,26)23-14-3-1-2-4-15-23;/h7-8,10-11,18,21H,1-6,9,12-16H2,(H,22,24);1H/t18-;/m0./s1. The van der Waals surface area contributed by atoms with Gasteiger partial charge in [0.2, 0.25) is 15.9 Å². The first-order valence-electron chi connectivity index (χ1n) is 10.1. The van der Waals surface area contributed by atoms with Crippen LogP contribution in [0.15, 0.2) is 29.2 Å². The van der Waals surface area contributed by atoms with E-state index in [1.807, 2.05) is 12.1 Å². The van der Waals surface area contributed by atoms with Crippen molar-refractivity contribution < 1.29 is 13.2 Å². The molecule has 8 heteroatoms. The molecule has 6 nitrogen and oxygen atoms in total. The summed E-state index contributed by atoms with van der Waals surface area (Å²) < 4.78 is 27.2. The fourth-order valence-corrected chi connectivity index (χ4v) is 5.31. The number of carbonyl (C=O) groups is 1. The fraction of sp³-hybridized carbons (Fsp3) is 0.650. The second kappa shape index (κ2) is 11.1. The maximum Gasteiger partial charge on any atom is 0.243 e. The van der Waals surface area contributed by atoms with Gasteiger partial charge in [-0.1, -0.05) is 25.0 Å². The summed E-state index contributed by atoms with van der Waals surface area (Å²) in [4.78, 5) is 12.5. The van der Waals surface area contributed by atoms with Crippen molar-refractivity contribution in [1.29, 1.82) is 0 Å². The van der Waals surface area contributed by atoms with Crippen molar-refractivity contribution in [3.8, 4) is 0 Å². The molecule has 0 spiro atoms. The minimum atomic E-state index is -3.41. The van der Waals surface area contributed by atoms with E-state index < -0.39 is 10.0 Å². The highest BCUT2D eigenvalue weighted by Gasteiger charge is 2.25. The average molecular weight is 430 g/mol. The molecule has 0 unspecified atom stereocenters. The zero-order valence-electron chi connectivity index (χ0n) is 16.4. The molecule has 1 aromatic carbocycles. The number of hydrogen-bond acceptors (Lipinski definition) is 4. The van der Waals surface area contributed by atoms with Crippen molar-refractivity contribution in [2.45, 2.75) is 62.3 Å². The molecule has 2 aliphatic rings. The van der Waals surface area contributed by atoms with E-state index in [9.17, 15) is 13.2 Å². The van der Waals surface area contributed by atoms with Crippen LogP contribution in [0.3, 0.4) is 0 Å². The summed E-state index contributed by atoms with van der Waals surface area (Å²) in [5.74, 6) is 0.0602. The van der Waals surface area contributed by atoms with Crippen molar-refractivity contribution >= 4 is 28.3 Å². The fourth-order valence-electron chi connectivity index (χ4n) is 3.79. The highest BCUT2D eigenvalue weighted by molar-refractivity contribution is 7.89. The van der Waals surface area contributed by atoms with Gasteiger partial charge in [-0.15, -0.1) is 12.4 Å². The van der Waals surface area contributed by atoms with Gasteiger partial charge in [-0.2, -0.15) is 4.31 Å². The molecule has 1 atom stereocenters. The molecule has 158 valence electrons. The minimum Gasteiger partial charge on any atom is -0.352 e. The highest BCUT2D eigenvalue weighted by Crippen LogP contribution is 2.21. The monoisotopic (exact) mass is 429 g/mol. The number of amides is 1. The normalized spacial score (nSPS) is 21.4. The number of benzene rings is 1. The van der Waals surface area contributed by atoms with Crippen LogP contribution in [0.4, 0.5) is 0 Å². The van der Waals surface area contributed by atoms with Gasteiger partial charge in [0.1, 0.15) is 0 Å². The number of aryl methyl sites for hydroxylation is 1. The van der Waals surface area contributed by atoms with Crippen molar-refractivity contribution in [2.24, 2.45) is 0 Å². The lowest BCUT2D eigenvalue weighted by molar-refractivity contribution is -0.121. The molecular formula is C20H32ClN3O3S. The molecule has 2 saturated heterocycles. The number of carbonyl (C=O) groups excluding carboxylic acids is 1. The van der Waals surface area contributed by atoms with Crippen molar-refractivity contribution in [2.75, 3.05) is 26.2 Å². The van der Waals surface area contributed by atoms with Crippen LogP contribution in [-0.2, 0) is 21.2 Å². The van der Waals surface area contributed by atoms with Crippen molar-refractivity contribution in [3.63, 3.8) is 0 Å². The Hall–Kier alpha value is -1.15. The van der Waals surface area contributed by atoms with Gasteiger partial charge in [-0.05, 0) is 56.3 Å². The Morgan fingerprint density at radius 2 is 1.75 bits per heavy atom. The molecule has 2 heterocycles. The SMILES string of the molecule is Cl.O=C(CCc1ccc(S(=O)(=O)N2CCCCCC2)cc1)N[C@H]1CCCNC1. The van der Waals surface area contributed by atoms with E-state index >= 15 is 0 Å². The Morgan fingerprint density at radius 3 is 2.36 bits per heavy atom. The second-order valence-corrected chi connectivity index (χ2v) is 9.51. The third-order valence-corrected chi connectivity index (χ3v) is 7.34. The van der Waals surface area contributed by atoms with Gasteiger partial charge in [0.15, 0.2) is 0 Å². The quantitative estimate of drug-likeness (QED) is 0.728. The smallest absolute Gasteiger partial charge is 0.243 e. The summed E-state index contributed by atoms with van der Waals surface area (Å²) in [6, 6.07) is 7.25. The molecule has 0 bridgehead atoms. The number of nitrogens with one attached hydrogen (secondary N) is 2. The van der Waals surface area contributed by atoms with E-state index in [0.29, 0.717) is 30.8 Å². The molecule has 28 heavy (non-hydrogen) atoms. The summed E-state index contributed by atoms with van der Waals surface area (Å²) in [7, 11) is -3.41. The van der Waals surface area contributed by atoms with E-state index in [0.717, 1.165) is 57.2 Å². The Morgan fingerprint density at radius 1 is 1.07 bits per heavy atom. The van der Waals surface area contributed by atoms with Gasteiger partial charge >= 0.3 is 0 Å². The molecular weight excluding hydrogens is 398 g/mol. The molecule has 0 aromatic heterocycles. The van der Waals surface area contributed by atoms with Crippen molar-refractivity contribution in [1.82, 2.24) is 14.9 Å². The van der Waals surface area contributed by atoms with Crippen LogP contribution < -0.4 is 10.6 Å². The number of hydrogen-bond donors (Lipinski definition) is 2. The number of halogens is 1. The lowest BCUT2D eigenvalue weighted by Gasteiger charge is -2.23. The molecule has 0 radical (unpaired) electrons. The van der Waals surface area contributed by atoms with Gasteiger partial charge in [0, 0.05) is 32.1 Å². The molecule has 3 rings (SSSR count). The number of piperidine rings is 1. The lowest BCUT2D eigenvalue weighted by atomic mass is 10.1. The van der Waals surface area contributed by atoms with Crippen LogP contribution in [0.2, 0.25) is 0 Å². The molecule has 2 N–H and O–H groups in total. The van der Waals surface area contributed by atoms with Gasteiger partial charge in [-0.25, -0.2) is 8.42 Å². The first-order chi connectivity index (χ1) is 13.1. The largest absolute Gasteiger partial charge is 0.352 e. The number of rotatable bonds is 6. The predicted molar refractivity (Wildman–Crippen MR) is 113 cm³/mol. The number of sulfonamides is 1. The van der Waals surface area contributed by atoms with E-state index in [-0.39, 0.29) is 24.4 Å². The van der Waals surface area contributed by atoms with Gasteiger partial charge < -0.3 is 10.6 Å². The molecule has 2 fully saturated rings. The minimum absolute atomic E-state index is 0. The lowest BCUT2D eigenvalue weighted by Crippen LogP contribution is -2.45. The zero-order valence-corrected chi connectivity index (χ0v) is 18.0. The Bertz CT molecular complexity index is 711. The Kier molecular flexibility index (Phi) is 9.21. The van der Waals surface area contributed by atoms with E-state index in [1.54, 1.807) is 16.4 Å². The number of nitrogens with zero attached hydrogens (tertiary/aromatic N) is 1. The van der Waals surface area contributed by atoms with Crippen molar-refractivity contribution in [3.05, 3.63) is 29.8 Å². The van der Waals surface area contributed by atoms with Crippen LogP contribution >= 0.6 is 12.4 Å². The molecule has 2 aliphatic heterocycles. The second-order valence-electron chi connectivity index (χ2n) is 7.57. The third kappa shape index (κ3) is 6.44. The third-order valence-electron chi connectivity index (χ3n) is 5.43. The van der Waals surface area contributed by atoms with Gasteiger partial charge in [0.25, 0.3) is 0 Å². The van der Waals surface area contributed by atoms with Crippen LogP contribution in [0, 0.1) is 0 Å². The van der Waals surface area contributed by atoms with E-state index in [2.05, 4.69) is 10.6 Å². The molecule has 1 aromatic rings. The van der Waals surface area contributed by atoms with Gasteiger partial charge in [0.05, 0.1) is 4.90 Å². The van der Waals surface area contributed by atoms with Crippen LogP contribution in [0.25, 0.3) is 0 Å². The Labute approximate surface area is 174 Å². The predicted octanol–water partition coefficient (Wildman–Crippen LogP) is 2.47. The van der Waals surface area contributed by atoms with E-state index in [1.165, 1.54) is 0 Å². The highest BCUT2D eigenvalue weighted by atomic mass is 35.5. The zero-order chi connectivity index (χ0) is 19.1. The Balaban J connectivity index is 0.00000280. The first-order valence-corrected chi connectivity index (χ1v) is 11.6. The summed E-state index contributed by atoms with van der Waals surface area (Å²) in [6.07, 6.45) is 7.24.